The monoisotopic (exact) mass is 304 g/mol. The van der Waals surface area contributed by atoms with Crippen LogP contribution in [-0.4, -0.2) is 33.6 Å². The third kappa shape index (κ3) is 2.03. The van der Waals surface area contributed by atoms with Gasteiger partial charge in [-0.2, -0.15) is 23.3 Å². The van der Waals surface area contributed by atoms with Crippen LogP contribution in [0.15, 0.2) is 22.6 Å². The summed E-state index contributed by atoms with van der Waals surface area (Å²) >= 11 is 1.02. The second kappa shape index (κ2) is 4.29. The number of amides is 1. The maximum absolute atomic E-state index is 13.1. The molecule has 108 valence electrons. The van der Waals surface area contributed by atoms with Gasteiger partial charge in [0.05, 0.1) is 4.88 Å². The number of nitrogens with zero attached hydrogens (tertiary/aromatic N) is 2. The van der Waals surface area contributed by atoms with Crippen LogP contribution in [0, 0.1) is 5.92 Å². The van der Waals surface area contributed by atoms with Gasteiger partial charge in [0.15, 0.2) is 0 Å². The molecule has 0 radical (unpaired) electrons. The minimum absolute atomic E-state index is 0.0370. The van der Waals surface area contributed by atoms with Gasteiger partial charge < -0.3 is 5.11 Å². The molecule has 2 aliphatic rings. The molecule has 2 heterocycles. The number of halogens is 3. The molecule has 1 atom stereocenters. The number of alkyl halides is 3. The molecule has 0 unspecified atom stereocenters. The van der Waals surface area contributed by atoms with Gasteiger partial charge in [0.25, 0.3) is 11.6 Å². The molecule has 1 saturated carbocycles. The van der Waals surface area contributed by atoms with E-state index in [-0.39, 0.29) is 21.5 Å². The van der Waals surface area contributed by atoms with Crippen LogP contribution in [0.3, 0.4) is 0 Å². The Morgan fingerprint density at radius 3 is 2.70 bits per heavy atom. The molecule has 8 heteroatoms. The summed E-state index contributed by atoms with van der Waals surface area (Å²) in [4.78, 5) is 12.2. The Hall–Kier alpha value is -1.41. The van der Waals surface area contributed by atoms with Gasteiger partial charge in [0.1, 0.15) is 0 Å². The Balaban J connectivity index is 1.97. The second-order valence-electron chi connectivity index (χ2n) is 4.95. The molecule has 1 fully saturated rings. The van der Waals surface area contributed by atoms with E-state index in [4.69, 9.17) is 0 Å². The largest absolute Gasteiger partial charge is 0.438 e. The van der Waals surface area contributed by atoms with E-state index in [9.17, 15) is 23.1 Å². The molecule has 0 saturated heterocycles. The lowest BCUT2D eigenvalue weighted by atomic mass is 10.0. The number of hydrazone groups is 1. The highest BCUT2D eigenvalue weighted by Gasteiger charge is 2.64. The molecule has 20 heavy (non-hydrogen) atoms. The van der Waals surface area contributed by atoms with Crippen molar-refractivity contribution in [2.75, 3.05) is 0 Å². The molecule has 3 rings (SSSR count). The molecule has 1 aliphatic heterocycles. The van der Waals surface area contributed by atoms with E-state index in [1.54, 1.807) is 11.4 Å². The van der Waals surface area contributed by atoms with Crippen LogP contribution in [0.4, 0.5) is 13.2 Å². The predicted molar refractivity (Wildman–Crippen MR) is 66.3 cm³/mol. The quantitative estimate of drug-likeness (QED) is 0.913. The highest BCUT2D eigenvalue weighted by molar-refractivity contribution is 7.12. The van der Waals surface area contributed by atoms with Crippen molar-refractivity contribution in [3.63, 3.8) is 0 Å². The van der Waals surface area contributed by atoms with E-state index in [1.165, 1.54) is 6.07 Å². The zero-order chi connectivity index (χ0) is 14.5. The number of hydrogen-bond acceptors (Lipinski definition) is 4. The second-order valence-corrected chi connectivity index (χ2v) is 5.90. The summed E-state index contributed by atoms with van der Waals surface area (Å²) in [5.41, 5.74) is -2.97. The zero-order valence-electron chi connectivity index (χ0n) is 10.2. The minimum atomic E-state index is -4.94. The van der Waals surface area contributed by atoms with Crippen molar-refractivity contribution < 1.29 is 23.1 Å². The van der Waals surface area contributed by atoms with Gasteiger partial charge in [-0.3, -0.25) is 4.79 Å². The van der Waals surface area contributed by atoms with E-state index in [2.05, 4.69) is 5.10 Å². The van der Waals surface area contributed by atoms with Crippen molar-refractivity contribution >= 4 is 23.0 Å². The molecule has 1 aliphatic carbocycles. The van der Waals surface area contributed by atoms with Crippen LogP contribution in [0.5, 0.6) is 0 Å². The Morgan fingerprint density at radius 2 is 2.20 bits per heavy atom. The fourth-order valence-electron chi connectivity index (χ4n) is 2.15. The van der Waals surface area contributed by atoms with Crippen LogP contribution in [0.2, 0.25) is 0 Å². The minimum Gasteiger partial charge on any atom is -0.362 e. The van der Waals surface area contributed by atoms with Crippen molar-refractivity contribution in [1.29, 1.82) is 0 Å². The smallest absolute Gasteiger partial charge is 0.362 e. The highest BCUT2D eigenvalue weighted by atomic mass is 32.1. The molecule has 0 bridgehead atoms. The van der Waals surface area contributed by atoms with Gasteiger partial charge in [-0.1, -0.05) is 6.07 Å². The molecular weight excluding hydrogens is 293 g/mol. The van der Waals surface area contributed by atoms with Crippen molar-refractivity contribution in [2.24, 2.45) is 11.0 Å². The first-order valence-corrected chi connectivity index (χ1v) is 6.95. The number of rotatable bonds is 2. The van der Waals surface area contributed by atoms with Crippen LogP contribution in [0.1, 0.15) is 28.9 Å². The summed E-state index contributed by atoms with van der Waals surface area (Å²) < 4.78 is 39.4. The van der Waals surface area contributed by atoms with Gasteiger partial charge in [-0.15, -0.1) is 11.3 Å². The van der Waals surface area contributed by atoms with Crippen molar-refractivity contribution in [3.05, 3.63) is 22.4 Å². The van der Waals surface area contributed by atoms with Gasteiger partial charge in [0.2, 0.25) is 0 Å². The van der Waals surface area contributed by atoms with E-state index in [0.717, 1.165) is 24.2 Å². The van der Waals surface area contributed by atoms with Crippen molar-refractivity contribution in [2.45, 2.75) is 31.2 Å². The van der Waals surface area contributed by atoms with Crippen LogP contribution in [0.25, 0.3) is 0 Å². The van der Waals surface area contributed by atoms with Gasteiger partial charge in [-0.25, -0.2) is 0 Å². The molecule has 4 nitrogen and oxygen atoms in total. The molecule has 0 aromatic carbocycles. The third-order valence-corrected chi connectivity index (χ3v) is 4.29. The summed E-state index contributed by atoms with van der Waals surface area (Å²) in [5.74, 6) is -0.958. The Labute approximate surface area is 116 Å². The first kappa shape index (κ1) is 13.6. The highest BCUT2D eigenvalue weighted by Crippen LogP contribution is 2.45. The zero-order valence-corrected chi connectivity index (χ0v) is 11.0. The third-order valence-electron chi connectivity index (χ3n) is 3.43. The first-order chi connectivity index (χ1) is 9.33. The summed E-state index contributed by atoms with van der Waals surface area (Å²) in [6.07, 6.45) is -4.08. The fourth-order valence-corrected chi connectivity index (χ4v) is 2.80. The van der Waals surface area contributed by atoms with E-state index >= 15 is 0 Å². The van der Waals surface area contributed by atoms with Crippen molar-refractivity contribution in [1.82, 2.24) is 5.01 Å². The molecule has 1 aromatic heterocycles. The standard InChI is InChI=1S/C12H11F3N2O2S/c13-12(14,15)11(19)6-8(7-3-4-7)16-17(11)10(18)9-2-1-5-20-9/h1-2,5,7,19H,3-4,6H2/t11-/m0/s1. The normalized spacial score (nSPS) is 26.8. The van der Waals surface area contributed by atoms with Gasteiger partial charge in [0, 0.05) is 12.1 Å². The van der Waals surface area contributed by atoms with E-state index in [0.29, 0.717) is 0 Å². The molecular formula is C12H11F3N2O2S. The lowest BCUT2D eigenvalue weighted by molar-refractivity contribution is -0.297. The molecule has 0 spiro atoms. The summed E-state index contributed by atoms with van der Waals surface area (Å²) in [7, 11) is 0. The maximum Gasteiger partial charge on any atom is 0.438 e. The maximum atomic E-state index is 13.1. The SMILES string of the molecule is O=C(c1cccs1)N1N=C(C2CC2)C[C@]1(O)C(F)(F)F. The lowest BCUT2D eigenvalue weighted by Crippen LogP contribution is -2.56. The van der Waals surface area contributed by atoms with E-state index in [1.807, 2.05) is 0 Å². The summed E-state index contributed by atoms with van der Waals surface area (Å²) in [6, 6.07) is 2.97. The van der Waals surface area contributed by atoms with E-state index < -0.39 is 24.2 Å². The number of carbonyl (C=O) groups is 1. The van der Waals surface area contributed by atoms with Crippen LogP contribution < -0.4 is 0 Å². The van der Waals surface area contributed by atoms with Gasteiger partial charge >= 0.3 is 6.18 Å². The number of thiophene rings is 1. The molecule has 1 amide bonds. The summed E-state index contributed by atoms with van der Waals surface area (Å²) in [5, 5.41) is 15.5. The fraction of sp³-hybridized carbons (Fsp3) is 0.500. The topological polar surface area (TPSA) is 52.9 Å². The number of aliphatic hydroxyl groups is 1. The number of hydrogen-bond donors (Lipinski definition) is 1. The Bertz CT molecular complexity index is 566. The average molecular weight is 304 g/mol. The Kier molecular flexibility index (Phi) is 2.91. The Morgan fingerprint density at radius 1 is 1.50 bits per heavy atom. The number of carbonyl (C=O) groups excluding carboxylic acids is 1. The summed E-state index contributed by atoms with van der Waals surface area (Å²) in [6.45, 7) is 0. The lowest BCUT2D eigenvalue weighted by Gasteiger charge is -2.32. The van der Waals surface area contributed by atoms with Crippen molar-refractivity contribution in [3.8, 4) is 0 Å². The van der Waals surface area contributed by atoms with Gasteiger partial charge in [-0.05, 0) is 30.2 Å². The first-order valence-electron chi connectivity index (χ1n) is 6.07. The van der Waals surface area contributed by atoms with Crippen LogP contribution >= 0.6 is 11.3 Å². The molecule has 1 N–H and O–H groups in total. The predicted octanol–water partition coefficient (Wildman–Crippen LogP) is 2.61. The molecule has 1 aromatic rings. The average Bonchev–Trinajstić information content (AvgIpc) is 2.94. The van der Waals surface area contributed by atoms with Crippen LogP contribution in [-0.2, 0) is 0 Å².